The molecule has 2 N–H and O–H groups in total. The van der Waals surface area contributed by atoms with Gasteiger partial charge < -0.3 is 10.6 Å². The van der Waals surface area contributed by atoms with Crippen molar-refractivity contribution in [3.63, 3.8) is 0 Å². The van der Waals surface area contributed by atoms with E-state index in [-0.39, 0.29) is 22.7 Å². The molecular formula is C12H22N2O. The van der Waals surface area contributed by atoms with Crippen LogP contribution in [0.25, 0.3) is 0 Å². The number of rotatable bonds is 2. The predicted octanol–water partition coefficient (Wildman–Crippen LogP) is 1.15. The fourth-order valence-corrected chi connectivity index (χ4v) is 2.70. The Balaban J connectivity index is 1.91. The van der Waals surface area contributed by atoms with Crippen LogP contribution in [0.2, 0.25) is 0 Å². The van der Waals surface area contributed by atoms with Gasteiger partial charge in [0.25, 0.3) is 0 Å². The lowest BCUT2D eigenvalue weighted by molar-refractivity contribution is -0.124. The molecular weight excluding hydrogens is 188 g/mol. The average Bonchev–Trinajstić information content (AvgIpc) is 2.65. The lowest BCUT2D eigenvalue weighted by Crippen LogP contribution is -2.36. The second-order valence-corrected chi connectivity index (χ2v) is 6.07. The summed E-state index contributed by atoms with van der Waals surface area (Å²) in [6.45, 7) is 10.7. The van der Waals surface area contributed by atoms with Gasteiger partial charge in [-0.3, -0.25) is 4.79 Å². The highest BCUT2D eigenvalue weighted by Crippen LogP contribution is 2.62. The number of amides is 1. The largest absolute Gasteiger partial charge is 0.352 e. The van der Waals surface area contributed by atoms with Gasteiger partial charge in [-0.05, 0) is 23.8 Å². The molecule has 0 unspecified atom stereocenters. The van der Waals surface area contributed by atoms with E-state index in [9.17, 15) is 4.79 Å². The molecule has 3 nitrogen and oxygen atoms in total. The van der Waals surface area contributed by atoms with E-state index < -0.39 is 0 Å². The minimum atomic E-state index is 0.192. The highest BCUT2D eigenvalue weighted by molar-refractivity contribution is 5.80. The first-order valence-electron chi connectivity index (χ1n) is 5.88. The molecule has 15 heavy (non-hydrogen) atoms. The molecule has 0 aromatic rings. The first-order valence-corrected chi connectivity index (χ1v) is 5.88. The third kappa shape index (κ3) is 1.57. The summed E-state index contributed by atoms with van der Waals surface area (Å²) in [6.07, 6.45) is 0.986. The van der Waals surface area contributed by atoms with Gasteiger partial charge >= 0.3 is 0 Å². The van der Waals surface area contributed by atoms with E-state index in [4.69, 9.17) is 0 Å². The van der Waals surface area contributed by atoms with Crippen molar-refractivity contribution in [3.8, 4) is 0 Å². The Morgan fingerprint density at radius 3 is 2.27 bits per heavy atom. The second kappa shape index (κ2) is 3.21. The van der Waals surface area contributed by atoms with Crippen molar-refractivity contribution >= 4 is 5.91 Å². The maximum atomic E-state index is 11.9. The molecule has 2 fully saturated rings. The summed E-state index contributed by atoms with van der Waals surface area (Å²) in [7, 11) is 0. The van der Waals surface area contributed by atoms with Gasteiger partial charge in [0.05, 0.1) is 5.92 Å². The Hall–Kier alpha value is -0.570. The van der Waals surface area contributed by atoms with Crippen LogP contribution in [0, 0.1) is 16.7 Å². The van der Waals surface area contributed by atoms with Crippen LogP contribution in [0.5, 0.6) is 0 Å². The SMILES string of the molecule is CC1(C)C(NC(=O)[C@@H]2CCNC2)C1(C)C. The molecule has 1 saturated carbocycles. The van der Waals surface area contributed by atoms with Gasteiger partial charge in [-0.25, -0.2) is 0 Å². The summed E-state index contributed by atoms with van der Waals surface area (Å²) in [4.78, 5) is 11.9. The zero-order valence-electron chi connectivity index (χ0n) is 10.2. The van der Waals surface area contributed by atoms with E-state index in [1.54, 1.807) is 0 Å². The summed E-state index contributed by atoms with van der Waals surface area (Å²) in [6, 6.07) is 0.345. The summed E-state index contributed by atoms with van der Waals surface area (Å²) in [5.41, 5.74) is 0.489. The van der Waals surface area contributed by atoms with E-state index >= 15 is 0 Å². The first-order chi connectivity index (χ1) is 6.87. The molecule has 1 atom stereocenters. The molecule has 0 aromatic heterocycles. The highest BCUT2D eigenvalue weighted by Gasteiger charge is 2.65. The minimum Gasteiger partial charge on any atom is -0.352 e. The number of carbonyl (C=O) groups excluding carboxylic acids is 1. The van der Waals surface area contributed by atoms with Gasteiger partial charge in [0, 0.05) is 12.6 Å². The van der Waals surface area contributed by atoms with Crippen molar-refractivity contribution in [2.45, 2.75) is 40.2 Å². The van der Waals surface area contributed by atoms with Crippen LogP contribution in [-0.4, -0.2) is 25.0 Å². The fraction of sp³-hybridized carbons (Fsp3) is 0.917. The van der Waals surface area contributed by atoms with Crippen molar-refractivity contribution in [1.82, 2.24) is 10.6 Å². The number of hydrogen-bond donors (Lipinski definition) is 2. The van der Waals surface area contributed by atoms with Gasteiger partial charge in [0.15, 0.2) is 0 Å². The Morgan fingerprint density at radius 1 is 1.27 bits per heavy atom. The minimum absolute atomic E-state index is 0.192. The molecule has 0 spiro atoms. The zero-order chi connectivity index (χ0) is 11.3. The van der Waals surface area contributed by atoms with Crippen LogP contribution >= 0.6 is 0 Å². The third-order valence-corrected chi connectivity index (χ3v) is 4.74. The smallest absolute Gasteiger partial charge is 0.224 e. The molecule has 1 aliphatic carbocycles. The van der Waals surface area contributed by atoms with Crippen molar-refractivity contribution in [1.29, 1.82) is 0 Å². The van der Waals surface area contributed by atoms with Crippen LogP contribution in [0.4, 0.5) is 0 Å². The molecule has 0 bridgehead atoms. The Kier molecular flexibility index (Phi) is 2.34. The predicted molar refractivity (Wildman–Crippen MR) is 60.5 cm³/mol. The van der Waals surface area contributed by atoms with Gasteiger partial charge in [-0.15, -0.1) is 0 Å². The summed E-state index contributed by atoms with van der Waals surface area (Å²) < 4.78 is 0. The molecule has 0 aromatic carbocycles. The van der Waals surface area contributed by atoms with Gasteiger partial charge in [-0.1, -0.05) is 27.7 Å². The molecule has 2 aliphatic rings. The van der Waals surface area contributed by atoms with Crippen LogP contribution < -0.4 is 10.6 Å². The lowest BCUT2D eigenvalue weighted by atomic mass is 10.0. The fourth-order valence-electron chi connectivity index (χ4n) is 2.70. The molecule has 2 rings (SSSR count). The van der Waals surface area contributed by atoms with Crippen LogP contribution in [-0.2, 0) is 4.79 Å². The molecule has 1 aliphatic heterocycles. The number of nitrogens with one attached hydrogen (secondary N) is 2. The van der Waals surface area contributed by atoms with Crippen LogP contribution in [0.15, 0.2) is 0 Å². The summed E-state index contributed by atoms with van der Waals surface area (Å²) >= 11 is 0. The van der Waals surface area contributed by atoms with Crippen LogP contribution in [0.3, 0.4) is 0 Å². The van der Waals surface area contributed by atoms with Gasteiger partial charge in [0.2, 0.25) is 5.91 Å². The van der Waals surface area contributed by atoms with Gasteiger partial charge in [0.1, 0.15) is 0 Å². The standard InChI is InChI=1S/C12H22N2O/c1-11(2)10(12(11,3)4)14-9(15)8-5-6-13-7-8/h8,10,13H,5-7H2,1-4H3,(H,14,15)/t8-/m1/s1. The molecule has 0 radical (unpaired) electrons. The molecule has 1 saturated heterocycles. The maximum Gasteiger partial charge on any atom is 0.224 e. The van der Waals surface area contributed by atoms with Crippen molar-refractivity contribution in [2.75, 3.05) is 13.1 Å². The van der Waals surface area contributed by atoms with Crippen molar-refractivity contribution in [3.05, 3.63) is 0 Å². The molecule has 86 valence electrons. The summed E-state index contributed by atoms with van der Waals surface area (Å²) in [5.74, 6) is 0.431. The Bertz CT molecular complexity index is 263. The number of hydrogen-bond acceptors (Lipinski definition) is 2. The van der Waals surface area contributed by atoms with Crippen LogP contribution in [0.1, 0.15) is 34.1 Å². The van der Waals surface area contributed by atoms with E-state index in [1.807, 2.05) is 0 Å². The monoisotopic (exact) mass is 210 g/mol. The van der Waals surface area contributed by atoms with E-state index in [0.717, 1.165) is 19.5 Å². The van der Waals surface area contributed by atoms with E-state index in [0.29, 0.717) is 6.04 Å². The third-order valence-electron chi connectivity index (χ3n) is 4.74. The molecule has 3 heteroatoms. The lowest BCUT2D eigenvalue weighted by Gasteiger charge is -2.11. The highest BCUT2D eigenvalue weighted by atomic mass is 16.2. The van der Waals surface area contributed by atoms with E-state index in [2.05, 4.69) is 38.3 Å². The average molecular weight is 210 g/mol. The normalized spacial score (nSPS) is 32.7. The second-order valence-electron chi connectivity index (χ2n) is 6.07. The molecule has 1 heterocycles. The molecule has 1 amide bonds. The first kappa shape index (κ1) is 10.9. The Labute approximate surface area is 92.0 Å². The zero-order valence-corrected chi connectivity index (χ0v) is 10.2. The topological polar surface area (TPSA) is 41.1 Å². The van der Waals surface area contributed by atoms with Gasteiger partial charge in [-0.2, -0.15) is 0 Å². The van der Waals surface area contributed by atoms with E-state index in [1.165, 1.54) is 0 Å². The maximum absolute atomic E-state index is 11.9. The van der Waals surface area contributed by atoms with Crippen molar-refractivity contribution in [2.24, 2.45) is 16.7 Å². The quantitative estimate of drug-likeness (QED) is 0.718. The number of carbonyl (C=O) groups is 1. The Morgan fingerprint density at radius 2 is 1.87 bits per heavy atom. The summed E-state index contributed by atoms with van der Waals surface area (Å²) in [5, 5.41) is 6.42. The van der Waals surface area contributed by atoms with Crippen molar-refractivity contribution < 1.29 is 4.79 Å².